The van der Waals surface area contributed by atoms with Crippen LogP contribution in [0, 0.1) is 0 Å². The molecule has 0 aliphatic rings. The van der Waals surface area contributed by atoms with Crippen molar-refractivity contribution in [2.24, 2.45) is 0 Å². The summed E-state index contributed by atoms with van der Waals surface area (Å²) >= 11 is 0. The Labute approximate surface area is 122 Å². The van der Waals surface area contributed by atoms with Crippen molar-refractivity contribution < 1.29 is 19.4 Å². The molecule has 0 aliphatic carbocycles. The summed E-state index contributed by atoms with van der Waals surface area (Å²) in [7, 11) is 0. The second-order valence-electron chi connectivity index (χ2n) is 4.22. The number of hydrogen-bond donors (Lipinski definition) is 1. The smallest absolute Gasteiger partial charge is 0.307 e. The fourth-order valence-corrected chi connectivity index (χ4v) is 1.18. The first-order valence-electron chi connectivity index (χ1n) is 7.19. The summed E-state index contributed by atoms with van der Waals surface area (Å²) in [6, 6.07) is 0. The molecule has 0 saturated carbocycles. The van der Waals surface area contributed by atoms with Gasteiger partial charge >= 0.3 is 11.9 Å². The first kappa shape index (κ1) is 20.7. The third-order valence-electron chi connectivity index (χ3n) is 2.18. The van der Waals surface area contributed by atoms with Crippen LogP contribution >= 0.6 is 0 Å². The number of aliphatic carboxylic acids is 1. The number of carboxylic acid groups (broad SMARTS) is 1. The molecule has 0 spiro atoms. The van der Waals surface area contributed by atoms with Gasteiger partial charge in [0.15, 0.2) is 0 Å². The maximum Gasteiger partial charge on any atom is 0.307 e. The van der Waals surface area contributed by atoms with Crippen LogP contribution in [0.15, 0.2) is 24.3 Å². The van der Waals surface area contributed by atoms with E-state index in [1.807, 2.05) is 12.2 Å². The summed E-state index contributed by atoms with van der Waals surface area (Å²) in [6.45, 7) is 6.11. The van der Waals surface area contributed by atoms with Gasteiger partial charge < -0.3 is 9.84 Å². The van der Waals surface area contributed by atoms with Crippen molar-refractivity contribution in [1.82, 2.24) is 0 Å². The lowest BCUT2D eigenvalue weighted by Crippen LogP contribution is -1.98. The lowest BCUT2D eigenvalue weighted by Gasteiger charge is -1.95. The molecule has 1 N–H and O–H groups in total. The van der Waals surface area contributed by atoms with E-state index in [1.165, 1.54) is 6.92 Å². The lowest BCUT2D eigenvalue weighted by molar-refractivity contribution is -0.140. The Hall–Kier alpha value is -1.58. The molecule has 0 amide bonds. The average molecular weight is 284 g/mol. The van der Waals surface area contributed by atoms with Crippen LogP contribution < -0.4 is 0 Å². The molecule has 0 saturated heterocycles. The van der Waals surface area contributed by atoms with Gasteiger partial charge in [-0.15, -0.1) is 0 Å². The number of esters is 1. The van der Waals surface area contributed by atoms with Crippen LogP contribution in [-0.4, -0.2) is 23.7 Å². The number of unbranched alkanes of at least 4 members (excludes halogenated alkanes) is 2. The molecule has 0 unspecified atom stereocenters. The number of ether oxygens (including phenoxy) is 1. The summed E-state index contributed by atoms with van der Waals surface area (Å²) < 4.78 is 4.70. The largest absolute Gasteiger partial charge is 0.481 e. The zero-order valence-electron chi connectivity index (χ0n) is 12.9. The van der Waals surface area contributed by atoms with Crippen LogP contribution in [0.3, 0.4) is 0 Å². The maximum atomic E-state index is 10.2. The highest BCUT2D eigenvalue weighted by Crippen LogP contribution is 1.95. The summed E-state index contributed by atoms with van der Waals surface area (Å²) in [6.07, 6.45) is 13.1. The third-order valence-corrected chi connectivity index (χ3v) is 2.18. The number of carboxylic acids is 1. The molecule has 0 atom stereocenters. The van der Waals surface area contributed by atoms with E-state index in [9.17, 15) is 9.59 Å². The number of rotatable bonds is 9. The molecular formula is C16H28O4. The summed E-state index contributed by atoms with van der Waals surface area (Å²) in [5, 5.41) is 8.22. The first-order chi connectivity index (χ1) is 9.54. The molecular weight excluding hydrogens is 256 g/mol. The highest BCUT2D eigenvalue weighted by molar-refractivity contribution is 5.68. The van der Waals surface area contributed by atoms with E-state index in [0.29, 0.717) is 6.61 Å². The Morgan fingerprint density at radius 3 is 2.20 bits per heavy atom. The predicted molar refractivity (Wildman–Crippen MR) is 81.6 cm³/mol. The van der Waals surface area contributed by atoms with Crippen LogP contribution in [-0.2, 0) is 14.3 Å². The van der Waals surface area contributed by atoms with Crippen molar-refractivity contribution in [3.05, 3.63) is 24.3 Å². The number of allylic oxidation sites excluding steroid dienone is 2. The van der Waals surface area contributed by atoms with Gasteiger partial charge in [-0.25, -0.2) is 0 Å². The van der Waals surface area contributed by atoms with Crippen molar-refractivity contribution in [3.63, 3.8) is 0 Å². The number of carbonyl (C=O) groups is 2. The van der Waals surface area contributed by atoms with Crippen molar-refractivity contribution in [2.75, 3.05) is 6.61 Å². The SMILES string of the molecule is CC/C=C\CCOC(C)=O.CCCCC=CCC(=O)O. The quantitative estimate of drug-likeness (QED) is 0.393. The van der Waals surface area contributed by atoms with E-state index < -0.39 is 5.97 Å². The molecule has 0 rings (SSSR count). The zero-order valence-corrected chi connectivity index (χ0v) is 12.9. The number of carbonyl (C=O) groups excluding carboxylic acids is 1. The highest BCUT2D eigenvalue weighted by atomic mass is 16.5. The maximum absolute atomic E-state index is 10.2. The Morgan fingerprint density at radius 1 is 1.05 bits per heavy atom. The highest BCUT2D eigenvalue weighted by Gasteiger charge is 1.88. The van der Waals surface area contributed by atoms with Crippen molar-refractivity contribution in [3.8, 4) is 0 Å². The second kappa shape index (κ2) is 17.4. The minimum absolute atomic E-state index is 0.156. The van der Waals surface area contributed by atoms with E-state index in [0.717, 1.165) is 32.1 Å². The van der Waals surface area contributed by atoms with Crippen LogP contribution in [0.4, 0.5) is 0 Å². The van der Waals surface area contributed by atoms with Crippen LogP contribution in [0.5, 0.6) is 0 Å². The number of hydrogen-bond acceptors (Lipinski definition) is 3. The van der Waals surface area contributed by atoms with E-state index in [4.69, 9.17) is 9.84 Å². The van der Waals surface area contributed by atoms with Crippen LogP contribution in [0.1, 0.15) is 59.3 Å². The molecule has 4 nitrogen and oxygen atoms in total. The standard InChI is InChI=1S/2C8H14O2/c1-3-4-5-6-7-10-8(2)9;1-2-3-4-5-6-7-8(9)10/h4-5H,3,6-7H2,1-2H3;5-6H,2-4,7H2,1H3,(H,9,10)/b5-4-;. The van der Waals surface area contributed by atoms with Gasteiger partial charge in [0.2, 0.25) is 0 Å². The average Bonchev–Trinajstić information content (AvgIpc) is 2.38. The lowest BCUT2D eigenvalue weighted by atomic mass is 10.2. The minimum Gasteiger partial charge on any atom is -0.481 e. The molecule has 116 valence electrons. The second-order valence-corrected chi connectivity index (χ2v) is 4.22. The van der Waals surface area contributed by atoms with Crippen LogP contribution in [0.2, 0.25) is 0 Å². The van der Waals surface area contributed by atoms with Gasteiger partial charge in [0.25, 0.3) is 0 Å². The minimum atomic E-state index is -0.757. The van der Waals surface area contributed by atoms with Crippen molar-refractivity contribution >= 4 is 11.9 Å². The van der Waals surface area contributed by atoms with Gasteiger partial charge in [-0.05, 0) is 19.3 Å². The van der Waals surface area contributed by atoms with Gasteiger partial charge in [0.1, 0.15) is 0 Å². The van der Waals surface area contributed by atoms with E-state index in [2.05, 4.69) is 19.9 Å². The molecule has 0 bridgehead atoms. The molecule has 0 aliphatic heterocycles. The predicted octanol–water partition coefficient (Wildman–Crippen LogP) is 4.11. The monoisotopic (exact) mass is 284 g/mol. The van der Waals surface area contributed by atoms with Crippen LogP contribution in [0.25, 0.3) is 0 Å². The summed E-state index contributed by atoms with van der Waals surface area (Å²) in [5.74, 6) is -0.961. The summed E-state index contributed by atoms with van der Waals surface area (Å²) in [4.78, 5) is 20.2. The van der Waals surface area contributed by atoms with Gasteiger partial charge in [-0.1, -0.05) is 51.0 Å². The molecule has 0 aromatic carbocycles. The Bertz CT molecular complexity index is 293. The van der Waals surface area contributed by atoms with Gasteiger partial charge in [-0.2, -0.15) is 0 Å². The molecule has 0 heterocycles. The Kier molecular flexibility index (Phi) is 18.1. The van der Waals surface area contributed by atoms with Gasteiger partial charge in [0, 0.05) is 6.92 Å². The first-order valence-corrected chi connectivity index (χ1v) is 7.19. The molecule has 4 heteroatoms. The third kappa shape index (κ3) is 25.3. The Balaban J connectivity index is 0. The zero-order chi connectivity index (χ0) is 15.6. The van der Waals surface area contributed by atoms with Crippen molar-refractivity contribution in [1.29, 1.82) is 0 Å². The van der Waals surface area contributed by atoms with E-state index in [1.54, 1.807) is 6.08 Å². The molecule has 0 aromatic heterocycles. The van der Waals surface area contributed by atoms with E-state index in [-0.39, 0.29) is 12.4 Å². The fraction of sp³-hybridized carbons (Fsp3) is 0.625. The van der Waals surface area contributed by atoms with Gasteiger partial charge in [0.05, 0.1) is 13.0 Å². The molecule has 20 heavy (non-hydrogen) atoms. The topological polar surface area (TPSA) is 63.6 Å². The molecule has 0 radical (unpaired) electrons. The van der Waals surface area contributed by atoms with Gasteiger partial charge in [-0.3, -0.25) is 9.59 Å². The normalized spacial score (nSPS) is 10.3. The van der Waals surface area contributed by atoms with E-state index >= 15 is 0 Å². The Morgan fingerprint density at radius 2 is 1.70 bits per heavy atom. The summed E-state index contributed by atoms with van der Waals surface area (Å²) in [5.41, 5.74) is 0. The van der Waals surface area contributed by atoms with Crippen molar-refractivity contribution in [2.45, 2.75) is 59.3 Å². The molecule has 0 aromatic rings. The fourth-order valence-electron chi connectivity index (χ4n) is 1.18. The molecule has 0 fully saturated rings.